The fourth-order valence-electron chi connectivity index (χ4n) is 2.27. The maximum Gasteiger partial charge on any atom is 0.0273 e. The van der Waals surface area contributed by atoms with E-state index in [1.165, 1.54) is 28.7 Å². The maximum absolute atomic E-state index is 4.04. The Bertz CT molecular complexity index is 526. The summed E-state index contributed by atoms with van der Waals surface area (Å²) in [6, 6.07) is 12.8. The number of rotatable bonds is 1. The number of aromatic nitrogens is 1. The van der Waals surface area contributed by atoms with Crippen molar-refractivity contribution >= 4 is 11.6 Å². The van der Waals surface area contributed by atoms with Gasteiger partial charge < -0.3 is 0 Å². The lowest BCUT2D eigenvalue weighted by molar-refractivity contribution is 1.08. The van der Waals surface area contributed by atoms with E-state index in [0.717, 1.165) is 6.42 Å². The minimum absolute atomic E-state index is 1.15. The van der Waals surface area contributed by atoms with Crippen molar-refractivity contribution in [3.05, 3.63) is 65.5 Å². The molecule has 0 bridgehead atoms. The van der Waals surface area contributed by atoms with Crippen LogP contribution in [0.15, 0.2) is 48.8 Å². The first-order valence-corrected chi connectivity index (χ1v) is 5.62. The monoisotopic (exact) mass is 207 g/mol. The summed E-state index contributed by atoms with van der Waals surface area (Å²) in [5.41, 5.74) is 5.57. The Morgan fingerprint density at radius 3 is 2.62 bits per heavy atom. The van der Waals surface area contributed by atoms with Crippen molar-refractivity contribution in [2.75, 3.05) is 0 Å². The summed E-state index contributed by atoms with van der Waals surface area (Å²) in [5, 5.41) is 0. The molecule has 1 heteroatoms. The van der Waals surface area contributed by atoms with Gasteiger partial charge in [0.1, 0.15) is 0 Å². The third-order valence-electron chi connectivity index (χ3n) is 3.07. The Kier molecular flexibility index (Phi) is 2.30. The fraction of sp³-hybridized carbons (Fsp3) is 0.133. The summed E-state index contributed by atoms with van der Waals surface area (Å²) in [7, 11) is 0. The summed E-state index contributed by atoms with van der Waals surface area (Å²) in [5.74, 6) is 0. The van der Waals surface area contributed by atoms with E-state index in [-0.39, 0.29) is 0 Å². The van der Waals surface area contributed by atoms with Gasteiger partial charge in [-0.05, 0) is 47.2 Å². The van der Waals surface area contributed by atoms with Crippen LogP contribution in [0.4, 0.5) is 0 Å². The molecule has 0 aliphatic heterocycles. The van der Waals surface area contributed by atoms with Crippen LogP contribution in [0.1, 0.15) is 23.1 Å². The number of hydrogen-bond acceptors (Lipinski definition) is 1. The lowest BCUT2D eigenvalue weighted by Gasteiger charge is -2.00. The predicted molar refractivity (Wildman–Crippen MR) is 66.9 cm³/mol. The second-order valence-electron chi connectivity index (χ2n) is 4.11. The van der Waals surface area contributed by atoms with Crippen molar-refractivity contribution in [2.45, 2.75) is 12.8 Å². The molecule has 0 spiro atoms. The molecule has 2 aromatic rings. The molecule has 0 N–H and O–H groups in total. The minimum Gasteiger partial charge on any atom is -0.265 e. The van der Waals surface area contributed by atoms with Crippen molar-refractivity contribution in [2.24, 2.45) is 0 Å². The van der Waals surface area contributed by atoms with E-state index >= 15 is 0 Å². The zero-order valence-corrected chi connectivity index (χ0v) is 9.06. The molecule has 0 amide bonds. The van der Waals surface area contributed by atoms with Crippen LogP contribution >= 0.6 is 0 Å². The number of nitrogens with zero attached hydrogens (tertiary/aromatic N) is 1. The van der Waals surface area contributed by atoms with Crippen molar-refractivity contribution in [3.63, 3.8) is 0 Å². The van der Waals surface area contributed by atoms with Gasteiger partial charge in [0.05, 0.1) is 0 Å². The van der Waals surface area contributed by atoms with Crippen LogP contribution in [-0.4, -0.2) is 4.98 Å². The highest BCUT2D eigenvalue weighted by Gasteiger charge is 2.14. The molecule has 3 rings (SSSR count). The van der Waals surface area contributed by atoms with Gasteiger partial charge in [0.25, 0.3) is 0 Å². The van der Waals surface area contributed by atoms with Gasteiger partial charge in [-0.3, -0.25) is 4.98 Å². The Balaban J connectivity index is 2.02. The Morgan fingerprint density at radius 1 is 0.938 bits per heavy atom. The number of hydrogen-bond donors (Lipinski definition) is 0. The largest absolute Gasteiger partial charge is 0.265 e. The third-order valence-corrected chi connectivity index (χ3v) is 3.07. The standard InChI is InChI=1S/C15H13N/c1-2-4-15-13(3-1)5-6-14(15)11-12-7-9-16-10-8-12/h1-4,7-11H,5-6H2/b14-11+. The summed E-state index contributed by atoms with van der Waals surface area (Å²) < 4.78 is 0. The molecule has 0 saturated heterocycles. The molecule has 0 atom stereocenters. The smallest absolute Gasteiger partial charge is 0.0273 e. The second kappa shape index (κ2) is 3.93. The van der Waals surface area contributed by atoms with Crippen LogP contribution in [-0.2, 0) is 6.42 Å². The van der Waals surface area contributed by atoms with Gasteiger partial charge in [-0.25, -0.2) is 0 Å². The first-order valence-electron chi connectivity index (χ1n) is 5.62. The highest BCUT2D eigenvalue weighted by molar-refractivity contribution is 5.85. The predicted octanol–water partition coefficient (Wildman–Crippen LogP) is 3.57. The fourth-order valence-corrected chi connectivity index (χ4v) is 2.27. The molecule has 0 saturated carbocycles. The van der Waals surface area contributed by atoms with Crippen molar-refractivity contribution in [3.8, 4) is 0 Å². The zero-order chi connectivity index (χ0) is 10.8. The first-order chi connectivity index (χ1) is 7.93. The molecule has 1 aromatic carbocycles. The Labute approximate surface area is 95.5 Å². The van der Waals surface area contributed by atoms with Crippen molar-refractivity contribution < 1.29 is 0 Å². The maximum atomic E-state index is 4.04. The van der Waals surface area contributed by atoms with Crippen molar-refractivity contribution in [1.82, 2.24) is 4.98 Å². The van der Waals surface area contributed by atoms with Crippen LogP contribution < -0.4 is 0 Å². The molecular weight excluding hydrogens is 194 g/mol. The number of aryl methyl sites for hydroxylation is 1. The molecule has 1 aromatic heterocycles. The molecule has 1 aliphatic rings. The summed E-state index contributed by atoms with van der Waals surface area (Å²) in [6.07, 6.45) is 8.28. The lowest BCUT2D eigenvalue weighted by atomic mass is 10.1. The molecule has 1 nitrogen and oxygen atoms in total. The SMILES string of the molecule is C(=C1/CCc2ccccc21)/c1ccncc1. The average molecular weight is 207 g/mol. The minimum atomic E-state index is 1.15. The first kappa shape index (κ1) is 9.34. The van der Waals surface area contributed by atoms with Crippen LogP contribution in [0.3, 0.4) is 0 Å². The number of benzene rings is 1. The van der Waals surface area contributed by atoms with Gasteiger partial charge in [0.2, 0.25) is 0 Å². The van der Waals surface area contributed by atoms with Crippen LogP contribution in [0.2, 0.25) is 0 Å². The van der Waals surface area contributed by atoms with Crippen LogP contribution in [0.5, 0.6) is 0 Å². The average Bonchev–Trinajstić information content (AvgIpc) is 2.74. The summed E-state index contributed by atoms with van der Waals surface area (Å²) >= 11 is 0. The number of pyridine rings is 1. The van der Waals surface area contributed by atoms with Gasteiger partial charge in [-0.2, -0.15) is 0 Å². The van der Waals surface area contributed by atoms with Crippen LogP contribution in [0, 0.1) is 0 Å². The molecule has 16 heavy (non-hydrogen) atoms. The molecule has 0 unspecified atom stereocenters. The zero-order valence-electron chi connectivity index (χ0n) is 9.06. The third kappa shape index (κ3) is 1.65. The quantitative estimate of drug-likeness (QED) is 0.696. The highest BCUT2D eigenvalue weighted by atomic mass is 14.6. The highest BCUT2D eigenvalue weighted by Crippen LogP contribution is 2.33. The van der Waals surface area contributed by atoms with Crippen LogP contribution in [0.25, 0.3) is 11.6 Å². The van der Waals surface area contributed by atoms with E-state index in [1.807, 2.05) is 24.5 Å². The summed E-state index contributed by atoms with van der Waals surface area (Å²) in [4.78, 5) is 4.04. The molecular formula is C15H13N. The van der Waals surface area contributed by atoms with E-state index in [1.54, 1.807) is 0 Å². The van der Waals surface area contributed by atoms with Gasteiger partial charge in [-0.1, -0.05) is 30.3 Å². The number of fused-ring (bicyclic) bond motifs is 1. The Hall–Kier alpha value is -1.89. The van der Waals surface area contributed by atoms with Gasteiger partial charge >= 0.3 is 0 Å². The summed E-state index contributed by atoms with van der Waals surface area (Å²) in [6.45, 7) is 0. The van der Waals surface area contributed by atoms with Crippen molar-refractivity contribution in [1.29, 1.82) is 0 Å². The molecule has 78 valence electrons. The van der Waals surface area contributed by atoms with E-state index in [4.69, 9.17) is 0 Å². The van der Waals surface area contributed by atoms with Gasteiger partial charge in [0, 0.05) is 12.4 Å². The van der Waals surface area contributed by atoms with Gasteiger partial charge in [-0.15, -0.1) is 0 Å². The van der Waals surface area contributed by atoms with E-state index < -0.39 is 0 Å². The topological polar surface area (TPSA) is 12.9 Å². The molecule has 1 heterocycles. The molecule has 0 fully saturated rings. The Morgan fingerprint density at radius 2 is 1.75 bits per heavy atom. The molecule has 0 radical (unpaired) electrons. The molecule has 1 aliphatic carbocycles. The van der Waals surface area contributed by atoms with E-state index in [2.05, 4.69) is 35.3 Å². The second-order valence-corrected chi connectivity index (χ2v) is 4.11. The van der Waals surface area contributed by atoms with E-state index in [9.17, 15) is 0 Å². The lowest BCUT2D eigenvalue weighted by Crippen LogP contribution is -1.79. The van der Waals surface area contributed by atoms with Gasteiger partial charge in [0.15, 0.2) is 0 Å². The van der Waals surface area contributed by atoms with E-state index in [0.29, 0.717) is 0 Å². The number of allylic oxidation sites excluding steroid dienone is 1. The normalized spacial score (nSPS) is 16.4.